The minimum Gasteiger partial charge on any atom is -0.380 e. The van der Waals surface area contributed by atoms with E-state index in [9.17, 15) is 13.6 Å². The molecule has 1 aliphatic heterocycles. The number of aromatic nitrogens is 1. The fourth-order valence-corrected chi connectivity index (χ4v) is 3.64. The summed E-state index contributed by atoms with van der Waals surface area (Å²) in [5.74, 6) is -1.03. The standard InChI is InChI=1S/C24H25F2N5O2/c25-18-1-6-21(26)16(11-18)14-28-22-13-24(29-15-17(22)12-23(27)32)30-19-2-4-20(5-3-19)31-7-9-33-10-8-31/h1-6,11,13,15H,7-10,12,14H2,(H2,27,32)(H2,28,29,30). The Morgan fingerprint density at radius 2 is 1.82 bits per heavy atom. The maximum Gasteiger partial charge on any atom is 0.221 e. The van der Waals surface area contributed by atoms with Gasteiger partial charge in [-0.1, -0.05) is 0 Å². The molecule has 1 aliphatic rings. The monoisotopic (exact) mass is 453 g/mol. The molecular formula is C24H25F2N5O2. The van der Waals surface area contributed by atoms with Gasteiger partial charge in [0.2, 0.25) is 5.91 Å². The minimum absolute atomic E-state index is 0.0322. The Kier molecular flexibility index (Phi) is 6.99. The number of carbonyl (C=O) groups is 1. The van der Waals surface area contributed by atoms with Crippen LogP contribution in [0.3, 0.4) is 0 Å². The lowest BCUT2D eigenvalue weighted by Crippen LogP contribution is -2.36. The Bertz CT molecular complexity index is 1120. The third-order valence-corrected chi connectivity index (χ3v) is 5.34. The average Bonchev–Trinajstić information content (AvgIpc) is 2.82. The number of hydrogen-bond donors (Lipinski definition) is 3. The number of rotatable bonds is 8. The summed E-state index contributed by atoms with van der Waals surface area (Å²) in [5, 5.41) is 6.30. The molecule has 1 fully saturated rings. The van der Waals surface area contributed by atoms with Crippen molar-refractivity contribution in [2.75, 3.05) is 41.8 Å². The van der Waals surface area contributed by atoms with Crippen LogP contribution in [0, 0.1) is 11.6 Å². The predicted molar refractivity (Wildman–Crippen MR) is 124 cm³/mol. The Morgan fingerprint density at radius 3 is 2.55 bits per heavy atom. The number of pyridine rings is 1. The molecule has 1 aromatic heterocycles. The van der Waals surface area contributed by atoms with E-state index in [-0.39, 0.29) is 18.5 Å². The number of halogens is 2. The first kappa shape index (κ1) is 22.5. The van der Waals surface area contributed by atoms with Crippen LogP contribution in [-0.4, -0.2) is 37.2 Å². The van der Waals surface area contributed by atoms with E-state index in [0.29, 0.717) is 17.1 Å². The zero-order valence-electron chi connectivity index (χ0n) is 18.0. The molecule has 0 aliphatic carbocycles. The van der Waals surface area contributed by atoms with E-state index in [1.54, 1.807) is 12.3 Å². The Morgan fingerprint density at radius 1 is 1.06 bits per heavy atom. The summed E-state index contributed by atoms with van der Waals surface area (Å²) >= 11 is 0. The van der Waals surface area contributed by atoms with Crippen LogP contribution in [0.15, 0.2) is 54.7 Å². The second-order valence-corrected chi connectivity index (χ2v) is 7.73. The van der Waals surface area contributed by atoms with Crippen molar-refractivity contribution in [2.45, 2.75) is 13.0 Å². The molecule has 0 bridgehead atoms. The lowest BCUT2D eigenvalue weighted by Gasteiger charge is -2.28. The third-order valence-electron chi connectivity index (χ3n) is 5.34. The quantitative estimate of drug-likeness (QED) is 0.483. The van der Waals surface area contributed by atoms with Crippen LogP contribution in [0.5, 0.6) is 0 Å². The molecule has 0 unspecified atom stereocenters. The molecule has 9 heteroatoms. The molecular weight excluding hydrogens is 428 g/mol. The van der Waals surface area contributed by atoms with E-state index in [1.807, 2.05) is 24.3 Å². The zero-order valence-corrected chi connectivity index (χ0v) is 18.0. The van der Waals surface area contributed by atoms with Crippen molar-refractivity contribution < 1.29 is 18.3 Å². The van der Waals surface area contributed by atoms with Crippen LogP contribution in [0.2, 0.25) is 0 Å². The molecule has 7 nitrogen and oxygen atoms in total. The van der Waals surface area contributed by atoms with E-state index in [1.165, 1.54) is 0 Å². The summed E-state index contributed by atoms with van der Waals surface area (Å²) in [6.07, 6.45) is 1.51. The van der Waals surface area contributed by atoms with Gasteiger partial charge in [-0.2, -0.15) is 0 Å². The van der Waals surface area contributed by atoms with Crippen LogP contribution < -0.4 is 21.3 Å². The van der Waals surface area contributed by atoms with Gasteiger partial charge >= 0.3 is 0 Å². The lowest BCUT2D eigenvalue weighted by atomic mass is 10.1. The van der Waals surface area contributed by atoms with Gasteiger partial charge in [-0.25, -0.2) is 13.8 Å². The molecule has 1 amide bonds. The summed E-state index contributed by atoms with van der Waals surface area (Å²) < 4.78 is 32.9. The molecule has 4 rings (SSSR count). The molecule has 0 spiro atoms. The van der Waals surface area contributed by atoms with E-state index in [4.69, 9.17) is 10.5 Å². The predicted octanol–water partition coefficient (Wildman–Crippen LogP) is 3.58. The highest BCUT2D eigenvalue weighted by molar-refractivity contribution is 5.79. The van der Waals surface area contributed by atoms with E-state index in [0.717, 1.165) is 55.9 Å². The van der Waals surface area contributed by atoms with Gasteiger partial charge in [0.15, 0.2) is 0 Å². The van der Waals surface area contributed by atoms with Crippen LogP contribution in [0.25, 0.3) is 0 Å². The number of nitrogens with zero attached hydrogens (tertiary/aromatic N) is 2. The Labute approximate surface area is 190 Å². The number of ether oxygens (including phenoxy) is 1. The molecule has 33 heavy (non-hydrogen) atoms. The van der Waals surface area contributed by atoms with Crippen molar-refractivity contribution in [3.05, 3.63) is 77.5 Å². The average molecular weight is 453 g/mol. The molecule has 172 valence electrons. The first-order valence-corrected chi connectivity index (χ1v) is 10.6. The maximum atomic E-state index is 14.0. The fraction of sp³-hybridized carbons (Fsp3) is 0.250. The molecule has 3 aromatic rings. The van der Waals surface area contributed by atoms with Gasteiger partial charge in [-0.05, 0) is 42.5 Å². The second-order valence-electron chi connectivity index (χ2n) is 7.73. The maximum absolute atomic E-state index is 14.0. The number of primary amides is 1. The smallest absolute Gasteiger partial charge is 0.221 e. The summed E-state index contributed by atoms with van der Waals surface area (Å²) in [6, 6.07) is 13.0. The third kappa shape index (κ3) is 5.95. The van der Waals surface area contributed by atoms with Crippen molar-refractivity contribution in [3.8, 4) is 0 Å². The van der Waals surface area contributed by atoms with Gasteiger partial charge in [0, 0.05) is 60.1 Å². The highest BCUT2D eigenvalue weighted by Crippen LogP contribution is 2.25. The molecule has 0 saturated carbocycles. The number of amides is 1. The number of nitrogens with two attached hydrogens (primary N) is 1. The van der Waals surface area contributed by atoms with Crippen molar-refractivity contribution in [3.63, 3.8) is 0 Å². The molecule has 0 radical (unpaired) electrons. The summed E-state index contributed by atoms with van der Waals surface area (Å²) in [4.78, 5) is 18.1. The largest absolute Gasteiger partial charge is 0.380 e. The minimum atomic E-state index is -0.525. The molecule has 2 aromatic carbocycles. The first-order valence-electron chi connectivity index (χ1n) is 10.6. The summed E-state index contributed by atoms with van der Waals surface area (Å²) in [6.45, 7) is 3.19. The van der Waals surface area contributed by atoms with Crippen molar-refractivity contribution >= 4 is 28.8 Å². The normalized spacial score (nSPS) is 13.6. The van der Waals surface area contributed by atoms with Crippen LogP contribution >= 0.6 is 0 Å². The zero-order chi connectivity index (χ0) is 23.2. The van der Waals surface area contributed by atoms with Gasteiger partial charge in [0.05, 0.1) is 19.6 Å². The highest BCUT2D eigenvalue weighted by atomic mass is 19.1. The number of morpholine rings is 1. The van der Waals surface area contributed by atoms with Gasteiger partial charge in [0.25, 0.3) is 0 Å². The second kappa shape index (κ2) is 10.3. The highest BCUT2D eigenvalue weighted by Gasteiger charge is 2.12. The van der Waals surface area contributed by atoms with Crippen molar-refractivity contribution in [1.29, 1.82) is 0 Å². The van der Waals surface area contributed by atoms with Crippen LogP contribution in [0.1, 0.15) is 11.1 Å². The van der Waals surface area contributed by atoms with Gasteiger partial charge in [-0.3, -0.25) is 4.79 Å². The molecule has 2 heterocycles. The van der Waals surface area contributed by atoms with E-state index >= 15 is 0 Å². The van der Waals surface area contributed by atoms with Gasteiger partial charge < -0.3 is 26.0 Å². The number of benzene rings is 2. The summed E-state index contributed by atoms with van der Waals surface area (Å²) in [5.41, 5.74) is 8.60. The van der Waals surface area contributed by atoms with Crippen molar-refractivity contribution in [2.24, 2.45) is 5.73 Å². The van der Waals surface area contributed by atoms with Gasteiger partial charge in [-0.15, -0.1) is 0 Å². The number of anilines is 4. The number of nitrogens with one attached hydrogen (secondary N) is 2. The first-order chi connectivity index (χ1) is 16.0. The number of hydrogen-bond acceptors (Lipinski definition) is 6. The van der Waals surface area contributed by atoms with E-state index < -0.39 is 17.5 Å². The van der Waals surface area contributed by atoms with Crippen molar-refractivity contribution in [1.82, 2.24) is 4.98 Å². The fourth-order valence-electron chi connectivity index (χ4n) is 3.64. The number of carbonyl (C=O) groups excluding carboxylic acids is 1. The lowest BCUT2D eigenvalue weighted by molar-refractivity contribution is -0.117. The molecule has 4 N–H and O–H groups in total. The van der Waals surface area contributed by atoms with Crippen LogP contribution in [-0.2, 0) is 22.5 Å². The molecule has 0 atom stereocenters. The van der Waals surface area contributed by atoms with Crippen LogP contribution in [0.4, 0.5) is 31.7 Å². The topological polar surface area (TPSA) is 92.5 Å². The van der Waals surface area contributed by atoms with E-state index in [2.05, 4.69) is 20.5 Å². The van der Waals surface area contributed by atoms with Gasteiger partial charge in [0.1, 0.15) is 17.5 Å². The Hall–Kier alpha value is -3.72. The SMILES string of the molecule is NC(=O)Cc1cnc(Nc2ccc(N3CCOCC3)cc2)cc1NCc1cc(F)ccc1F. The summed E-state index contributed by atoms with van der Waals surface area (Å²) in [7, 11) is 0. The Balaban J connectivity index is 1.50. The molecule has 1 saturated heterocycles.